The summed E-state index contributed by atoms with van der Waals surface area (Å²) in [4.78, 5) is 26.8. The van der Waals surface area contributed by atoms with E-state index in [0.29, 0.717) is 23.9 Å². The Hall–Kier alpha value is -2.86. The maximum atomic E-state index is 12.5. The fraction of sp³-hybridized carbons (Fsp3) is 0.391. The Morgan fingerprint density at radius 2 is 1.59 bits per heavy atom. The zero-order valence-corrected chi connectivity index (χ0v) is 17.7. The first-order chi connectivity index (χ1) is 13.9. The third-order valence-corrected chi connectivity index (χ3v) is 4.52. The van der Waals surface area contributed by atoms with E-state index in [1.165, 1.54) is 5.56 Å². The van der Waals surface area contributed by atoms with Gasteiger partial charge < -0.3 is 15.4 Å². The SMILES string of the molecule is CCCN(CC(=O)Nc1ccc(C(C)C)cc1)CC(=O)Nc1ccccc1OC. The van der Waals surface area contributed by atoms with E-state index in [1.54, 1.807) is 19.2 Å². The van der Waals surface area contributed by atoms with Crippen LogP contribution in [0.1, 0.15) is 38.7 Å². The Labute approximate surface area is 173 Å². The maximum Gasteiger partial charge on any atom is 0.238 e. The summed E-state index contributed by atoms with van der Waals surface area (Å²) in [6.07, 6.45) is 0.846. The number of amides is 2. The number of rotatable bonds is 10. The van der Waals surface area contributed by atoms with Gasteiger partial charge in [0.25, 0.3) is 0 Å². The smallest absolute Gasteiger partial charge is 0.238 e. The van der Waals surface area contributed by atoms with Crippen LogP contribution in [0.2, 0.25) is 0 Å². The quantitative estimate of drug-likeness (QED) is 0.633. The van der Waals surface area contributed by atoms with Crippen LogP contribution in [0, 0.1) is 0 Å². The number of carbonyl (C=O) groups excluding carboxylic acids is 2. The summed E-state index contributed by atoms with van der Waals surface area (Å²) in [6.45, 7) is 7.22. The molecule has 0 bridgehead atoms. The van der Waals surface area contributed by atoms with Gasteiger partial charge in [-0.2, -0.15) is 0 Å². The van der Waals surface area contributed by atoms with Crippen molar-refractivity contribution in [3.63, 3.8) is 0 Å². The first-order valence-corrected chi connectivity index (χ1v) is 9.98. The second kappa shape index (κ2) is 11.2. The van der Waals surface area contributed by atoms with Crippen LogP contribution in [0.4, 0.5) is 11.4 Å². The zero-order chi connectivity index (χ0) is 21.2. The van der Waals surface area contributed by atoms with Crippen LogP contribution >= 0.6 is 0 Å². The minimum absolute atomic E-state index is 0.131. The van der Waals surface area contributed by atoms with Crippen molar-refractivity contribution in [2.24, 2.45) is 0 Å². The van der Waals surface area contributed by atoms with Crippen molar-refractivity contribution in [3.05, 3.63) is 54.1 Å². The van der Waals surface area contributed by atoms with Crippen molar-refractivity contribution in [1.29, 1.82) is 0 Å². The highest BCUT2D eigenvalue weighted by Crippen LogP contribution is 2.23. The Morgan fingerprint density at radius 3 is 2.17 bits per heavy atom. The summed E-state index contributed by atoms with van der Waals surface area (Å²) in [7, 11) is 1.56. The lowest BCUT2D eigenvalue weighted by Gasteiger charge is -2.21. The molecule has 0 aromatic heterocycles. The van der Waals surface area contributed by atoms with E-state index < -0.39 is 0 Å². The molecule has 0 aliphatic heterocycles. The van der Waals surface area contributed by atoms with Gasteiger partial charge in [0, 0.05) is 5.69 Å². The average Bonchev–Trinajstić information content (AvgIpc) is 2.68. The molecule has 2 rings (SSSR count). The average molecular weight is 398 g/mol. The molecule has 6 heteroatoms. The van der Waals surface area contributed by atoms with E-state index in [-0.39, 0.29) is 24.9 Å². The first kappa shape index (κ1) is 22.4. The van der Waals surface area contributed by atoms with Crippen molar-refractivity contribution in [2.45, 2.75) is 33.1 Å². The van der Waals surface area contributed by atoms with Gasteiger partial charge in [0.1, 0.15) is 5.75 Å². The summed E-state index contributed by atoms with van der Waals surface area (Å²) in [5.74, 6) is 0.727. The number of hydrogen-bond donors (Lipinski definition) is 2. The van der Waals surface area contributed by atoms with E-state index in [2.05, 4.69) is 24.5 Å². The normalized spacial score (nSPS) is 10.8. The Bertz CT molecular complexity index is 803. The van der Waals surface area contributed by atoms with E-state index >= 15 is 0 Å². The number of hydrogen-bond acceptors (Lipinski definition) is 4. The van der Waals surface area contributed by atoms with Gasteiger partial charge in [-0.05, 0) is 48.7 Å². The van der Waals surface area contributed by atoms with Gasteiger partial charge in [-0.15, -0.1) is 0 Å². The molecular weight excluding hydrogens is 366 g/mol. The van der Waals surface area contributed by atoms with Crippen molar-refractivity contribution in [2.75, 3.05) is 37.4 Å². The lowest BCUT2D eigenvalue weighted by Crippen LogP contribution is -2.39. The zero-order valence-electron chi connectivity index (χ0n) is 17.7. The van der Waals surface area contributed by atoms with Crippen molar-refractivity contribution >= 4 is 23.2 Å². The molecule has 2 aromatic rings. The molecule has 2 N–H and O–H groups in total. The molecule has 0 atom stereocenters. The van der Waals surface area contributed by atoms with Gasteiger partial charge in [-0.1, -0.05) is 45.0 Å². The highest BCUT2D eigenvalue weighted by atomic mass is 16.5. The van der Waals surface area contributed by atoms with Gasteiger partial charge in [0.15, 0.2) is 0 Å². The Kier molecular flexibility index (Phi) is 8.68. The molecule has 0 heterocycles. The standard InChI is InChI=1S/C23H31N3O3/c1-5-14-26(16-23(28)25-20-8-6-7-9-21(20)29-4)15-22(27)24-19-12-10-18(11-13-19)17(2)3/h6-13,17H,5,14-16H2,1-4H3,(H,24,27)(H,25,28). The van der Waals surface area contributed by atoms with Crippen LogP contribution in [0.5, 0.6) is 5.75 Å². The molecule has 0 spiro atoms. The first-order valence-electron chi connectivity index (χ1n) is 9.98. The summed E-state index contributed by atoms with van der Waals surface area (Å²) in [5, 5.41) is 5.76. The van der Waals surface area contributed by atoms with E-state index in [9.17, 15) is 9.59 Å². The maximum absolute atomic E-state index is 12.5. The molecule has 0 fully saturated rings. The van der Waals surface area contributed by atoms with Crippen LogP contribution in [0.25, 0.3) is 0 Å². The molecule has 0 saturated carbocycles. The molecular formula is C23H31N3O3. The largest absolute Gasteiger partial charge is 0.495 e. The molecule has 2 aromatic carbocycles. The summed E-state index contributed by atoms with van der Waals surface area (Å²) in [6, 6.07) is 15.1. The lowest BCUT2D eigenvalue weighted by atomic mass is 10.0. The third kappa shape index (κ3) is 7.23. The third-order valence-electron chi connectivity index (χ3n) is 4.52. The van der Waals surface area contributed by atoms with Crippen molar-refractivity contribution in [3.8, 4) is 5.75 Å². The number of nitrogens with zero attached hydrogens (tertiary/aromatic N) is 1. The minimum atomic E-state index is -0.183. The van der Waals surface area contributed by atoms with Gasteiger partial charge in [0.05, 0.1) is 25.9 Å². The second-order valence-electron chi connectivity index (χ2n) is 7.28. The van der Waals surface area contributed by atoms with Crippen LogP contribution in [-0.4, -0.2) is 43.5 Å². The van der Waals surface area contributed by atoms with Crippen LogP contribution in [-0.2, 0) is 9.59 Å². The molecule has 0 radical (unpaired) electrons. The van der Waals surface area contributed by atoms with E-state index in [0.717, 1.165) is 12.1 Å². The van der Waals surface area contributed by atoms with Gasteiger partial charge in [-0.3, -0.25) is 14.5 Å². The molecule has 2 amide bonds. The predicted octanol–water partition coefficient (Wildman–Crippen LogP) is 4.11. The number of benzene rings is 2. The lowest BCUT2D eigenvalue weighted by molar-refractivity contribution is -0.120. The summed E-state index contributed by atoms with van der Waals surface area (Å²) < 4.78 is 5.26. The number of nitrogens with one attached hydrogen (secondary N) is 2. The summed E-state index contributed by atoms with van der Waals surface area (Å²) in [5.41, 5.74) is 2.60. The van der Waals surface area contributed by atoms with E-state index in [4.69, 9.17) is 4.74 Å². The summed E-state index contributed by atoms with van der Waals surface area (Å²) >= 11 is 0. The van der Waals surface area contributed by atoms with Crippen LogP contribution in [0.3, 0.4) is 0 Å². The monoisotopic (exact) mass is 397 g/mol. The molecule has 29 heavy (non-hydrogen) atoms. The fourth-order valence-corrected chi connectivity index (χ4v) is 3.03. The number of anilines is 2. The van der Waals surface area contributed by atoms with Crippen molar-refractivity contribution in [1.82, 2.24) is 4.90 Å². The van der Waals surface area contributed by atoms with Crippen LogP contribution in [0.15, 0.2) is 48.5 Å². The molecule has 0 saturated heterocycles. The van der Waals surface area contributed by atoms with Crippen LogP contribution < -0.4 is 15.4 Å². The number of carbonyl (C=O) groups is 2. The highest BCUT2D eigenvalue weighted by Gasteiger charge is 2.15. The Morgan fingerprint density at radius 1 is 0.966 bits per heavy atom. The van der Waals surface area contributed by atoms with Crippen molar-refractivity contribution < 1.29 is 14.3 Å². The van der Waals surface area contributed by atoms with Gasteiger partial charge >= 0.3 is 0 Å². The van der Waals surface area contributed by atoms with E-state index in [1.807, 2.05) is 48.2 Å². The molecule has 0 aliphatic carbocycles. The molecule has 156 valence electrons. The second-order valence-corrected chi connectivity index (χ2v) is 7.28. The molecule has 0 unspecified atom stereocenters. The number of methoxy groups -OCH3 is 1. The molecule has 0 aliphatic rings. The fourth-order valence-electron chi connectivity index (χ4n) is 3.03. The molecule has 6 nitrogen and oxygen atoms in total. The Balaban J connectivity index is 1.92. The number of ether oxygens (including phenoxy) is 1. The topological polar surface area (TPSA) is 70.7 Å². The van der Waals surface area contributed by atoms with Gasteiger partial charge in [0.2, 0.25) is 11.8 Å². The predicted molar refractivity (Wildman–Crippen MR) is 118 cm³/mol. The number of para-hydroxylation sites is 2. The van der Waals surface area contributed by atoms with Gasteiger partial charge in [-0.25, -0.2) is 0 Å². The highest BCUT2D eigenvalue weighted by molar-refractivity contribution is 5.95. The minimum Gasteiger partial charge on any atom is -0.495 e.